The molecule has 6 nitrogen and oxygen atoms in total. The van der Waals surface area contributed by atoms with E-state index in [2.05, 4.69) is 17.9 Å². The summed E-state index contributed by atoms with van der Waals surface area (Å²) in [6, 6.07) is 9.94. The lowest BCUT2D eigenvalue weighted by Gasteiger charge is -2.34. The zero-order valence-electron chi connectivity index (χ0n) is 20.5. The molecule has 0 bridgehead atoms. The number of aromatic nitrogens is 1. The Bertz CT molecular complexity index is 961. The predicted octanol–water partition coefficient (Wildman–Crippen LogP) is 4.66. The molecule has 1 aromatic heterocycles. The van der Waals surface area contributed by atoms with Crippen molar-refractivity contribution in [2.45, 2.75) is 52.0 Å². The number of benzene rings is 1. The normalized spacial score (nSPS) is 18.4. The maximum Gasteiger partial charge on any atom is 0.255 e. The van der Waals surface area contributed by atoms with Crippen LogP contribution < -0.4 is 9.47 Å². The van der Waals surface area contributed by atoms with E-state index in [9.17, 15) is 4.79 Å². The Labute approximate surface area is 197 Å². The standard InChI is InChI=1S/C27H37N3O3/c1-19-9-15-30(16-10-19)27(31)24-7-5-20(2)28-26(24)21-11-13-29(14-12-21)18-22-17-23(32-3)6-8-25(22)33-4/h5-8,17,19,21H,9-16,18H2,1-4H3. The summed E-state index contributed by atoms with van der Waals surface area (Å²) in [5.41, 5.74) is 3.93. The fraction of sp³-hybridized carbons (Fsp3) is 0.556. The zero-order chi connectivity index (χ0) is 23.4. The second kappa shape index (κ2) is 10.6. The minimum absolute atomic E-state index is 0.160. The molecule has 0 N–H and O–H groups in total. The van der Waals surface area contributed by atoms with E-state index in [-0.39, 0.29) is 5.91 Å². The summed E-state index contributed by atoms with van der Waals surface area (Å²) in [7, 11) is 3.40. The van der Waals surface area contributed by atoms with E-state index < -0.39 is 0 Å². The zero-order valence-corrected chi connectivity index (χ0v) is 20.5. The fourth-order valence-electron chi connectivity index (χ4n) is 5.06. The van der Waals surface area contributed by atoms with Crippen LogP contribution in [-0.2, 0) is 6.54 Å². The third kappa shape index (κ3) is 5.49. The van der Waals surface area contributed by atoms with E-state index in [1.807, 2.05) is 36.1 Å². The van der Waals surface area contributed by atoms with Crippen LogP contribution in [0.4, 0.5) is 0 Å². The Morgan fingerprint density at radius 3 is 2.39 bits per heavy atom. The average molecular weight is 452 g/mol. The van der Waals surface area contributed by atoms with Crippen molar-refractivity contribution in [3.05, 3.63) is 52.8 Å². The van der Waals surface area contributed by atoms with Gasteiger partial charge in [0.25, 0.3) is 5.91 Å². The predicted molar refractivity (Wildman–Crippen MR) is 130 cm³/mol. The summed E-state index contributed by atoms with van der Waals surface area (Å²) in [6.45, 7) is 8.76. The van der Waals surface area contributed by atoms with Gasteiger partial charge >= 0.3 is 0 Å². The van der Waals surface area contributed by atoms with Gasteiger partial charge in [-0.25, -0.2) is 0 Å². The van der Waals surface area contributed by atoms with Crippen molar-refractivity contribution in [3.63, 3.8) is 0 Å². The van der Waals surface area contributed by atoms with Crippen LogP contribution in [0.5, 0.6) is 11.5 Å². The number of carbonyl (C=O) groups excluding carboxylic acids is 1. The summed E-state index contributed by atoms with van der Waals surface area (Å²) in [5, 5.41) is 0. The van der Waals surface area contributed by atoms with Gasteiger partial charge in [0, 0.05) is 36.8 Å². The molecule has 4 rings (SSSR count). The van der Waals surface area contributed by atoms with Crippen molar-refractivity contribution in [2.75, 3.05) is 40.4 Å². The van der Waals surface area contributed by atoms with Crippen LogP contribution in [0.1, 0.15) is 65.8 Å². The van der Waals surface area contributed by atoms with Crippen LogP contribution in [0, 0.1) is 12.8 Å². The van der Waals surface area contributed by atoms with Crippen LogP contribution >= 0.6 is 0 Å². The summed E-state index contributed by atoms with van der Waals surface area (Å²) in [4.78, 5) is 22.7. The highest BCUT2D eigenvalue weighted by Gasteiger charge is 2.29. The number of piperidine rings is 2. The highest BCUT2D eigenvalue weighted by molar-refractivity contribution is 5.95. The number of aryl methyl sites for hydroxylation is 1. The van der Waals surface area contributed by atoms with Gasteiger partial charge in [0.05, 0.1) is 25.5 Å². The van der Waals surface area contributed by atoms with Crippen molar-refractivity contribution in [2.24, 2.45) is 5.92 Å². The van der Waals surface area contributed by atoms with Crippen molar-refractivity contribution < 1.29 is 14.3 Å². The van der Waals surface area contributed by atoms with E-state index in [1.165, 1.54) is 0 Å². The van der Waals surface area contributed by atoms with E-state index in [0.717, 1.165) is 92.4 Å². The smallest absolute Gasteiger partial charge is 0.255 e. The van der Waals surface area contributed by atoms with Gasteiger partial charge in [-0.3, -0.25) is 14.7 Å². The molecular weight excluding hydrogens is 414 g/mol. The molecule has 3 heterocycles. The Balaban J connectivity index is 1.45. The lowest BCUT2D eigenvalue weighted by Crippen LogP contribution is -2.39. The van der Waals surface area contributed by atoms with Crippen LogP contribution in [0.25, 0.3) is 0 Å². The van der Waals surface area contributed by atoms with Crippen molar-refractivity contribution in [1.29, 1.82) is 0 Å². The Kier molecular flexibility index (Phi) is 7.53. The molecule has 2 aliphatic rings. The highest BCUT2D eigenvalue weighted by Crippen LogP contribution is 2.33. The van der Waals surface area contributed by atoms with Gasteiger partial charge in [0.15, 0.2) is 0 Å². The minimum atomic E-state index is 0.160. The van der Waals surface area contributed by atoms with Crippen molar-refractivity contribution in [3.8, 4) is 11.5 Å². The number of hydrogen-bond donors (Lipinski definition) is 0. The summed E-state index contributed by atoms with van der Waals surface area (Å²) in [5.74, 6) is 2.92. The Hall–Kier alpha value is -2.60. The number of amides is 1. The molecule has 1 aromatic carbocycles. The first-order chi connectivity index (χ1) is 16.0. The number of carbonyl (C=O) groups is 1. The van der Waals surface area contributed by atoms with E-state index in [1.54, 1.807) is 14.2 Å². The lowest BCUT2D eigenvalue weighted by molar-refractivity contribution is 0.0694. The Morgan fingerprint density at radius 1 is 1.00 bits per heavy atom. The number of methoxy groups -OCH3 is 2. The topological polar surface area (TPSA) is 54.9 Å². The van der Waals surface area contributed by atoms with Crippen LogP contribution in [0.3, 0.4) is 0 Å². The molecule has 2 aliphatic heterocycles. The van der Waals surface area contributed by atoms with E-state index in [4.69, 9.17) is 14.5 Å². The summed E-state index contributed by atoms with van der Waals surface area (Å²) < 4.78 is 11.0. The van der Waals surface area contributed by atoms with Crippen LogP contribution in [0.2, 0.25) is 0 Å². The molecule has 0 aliphatic carbocycles. The monoisotopic (exact) mass is 451 g/mol. The molecule has 178 valence electrons. The fourth-order valence-corrected chi connectivity index (χ4v) is 5.06. The molecular formula is C27H37N3O3. The number of likely N-dealkylation sites (tertiary alicyclic amines) is 2. The van der Waals surface area contributed by atoms with E-state index >= 15 is 0 Å². The lowest BCUT2D eigenvalue weighted by atomic mass is 9.89. The largest absolute Gasteiger partial charge is 0.497 e. The maximum atomic E-state index is 13.4. The third-order valence-corrected chi connectivity index (χ3v) is 7.22. The quantitative estimate of drug-likeness (QED) is 0.639. The highest BCUT2D eigenvalue weighted by atomic mass is 16.5. The maximum absolute atomic E-state index is 13.4. The third-order valence-electron chi connectivity index (χ3n) is 7.22. The van der Waals surface area contributed by atoms with Crippen molar-refractivity contribution in [1.82, 2.24) is 14.8 Å². The number of pyridine rings is 1. The molecule has 0 spiro atoms. The van der Waals surface area contributed by atoms with Gasteiger partial charge in [0.1, 0.15) is 11.5 Å². The Morgan fingerprint density at radius 2 is 1.73 bits per heavy atom. The van der Waals surface area contributed by atoms with Gasteiger partial charge in [-0.1, -0.05) is 6.92 Å². The second-order valence-corrected chi connectivity index (χ2v) is 9.59. The minimum Gasteiger partial charge on any atom is -0.497 e. The average Bonchev–Trinajstić information content (AvgIpc) is 2.84. The number of ether oxygens (including phenoxy) is 2. The molecule has 6 heteroatoms. The van der Waals surface area contributed by atoms with Gasteiger partial charge in [-0.05, 0) is 81.9 Å². The van der Waals surface area contributed by atoms with Crippen LogP contribution in [-0.4, -0.2) is 61.1 Å². The number of hydrogen-bond acceptors (Lipinski definition) is 5. The number of nitrogens with zero attached hydrogens (tertiary/aromatic N) is 3. The van der Waals surface area contributed by atoms with Gasteiger partial charge < -0.3 is 14.4 Å². The molecule has 2 fully saturated rings. The summed E-state index contributed by atoms with van der Waals surface area (Å²) >= 11 is 0. The molecule has 0 saturated carbocycles. The number of rotatable bonds is 6. The first-order valence-corrected chi connectivity index (χ1v) is 12.2. The molecule has 0 atom stereocenters. The molecule has 0 radical (unpaired) electrons. The van der Waals surface area contributed by atoms with Gasteiger partial charge in [0.2, 0.25) is 0 Å². The van der Waals surface area contributed by atoms with Crippen molar-refractivity contribution >= 4 is 5.91 Å². The molecule has 1 amide bonds. The van der Waals surface area contributed by atoms with Crippen LogP contribution in [0.15, 0.2) is 30.3 Å². The SMILES string of the molecule is COc1ccc(OC)c(CN2CCC(c3nc(C)ccc3C(=O)N3CCC(C)CC3)CC2)c1. The van der Waals surface area contributed by atoms with E-state index in [0.29, 0.717) is 11.8 Å². The second-order valence-electron chi connectivity index (χ2n) is 9.59. The van der Waals surface area contributed by atoms with Gasteiger partial charge in [-0.15, -0.1) is 0 Å². The first-order valence-electron chi connectivity index (χ1n) is 12.2. The summed E-state index contributed by atoms with van der Waals surface area (Å²) in [6.07, 6.45) is 4.18. The first kappa shape index (κ1) is 23.6. The molecule has 0 unspecified atom stereocenters. The molecule has 33 heavy (non-hydrogen) atoms. The van der Waals surface area contributed by atoms with Gasteiger partial charge in [-0.2, -0.15) is 0 Å². The molecule has 2 aromatic rings. The molecule has 2 saturated heterocycles.